The Morgan fingerprint density at radius 3 is 2.76 bits per heavy atom. The smallest absolute Gasteiger partial charge is 0.0931 e. The molecule has 0 radical (unpaired) electrons. The average molecular weight is 286 g/mol. The van der Waals surface area contributed by atoms with E-state index in [0.717, 1.165) is 5.69 Å². The predicted molar refractivity (Wildman–Crippen MR) is 82.9 cm³/mol. The fourth-order valence-corrected chi connectivity index (χ4v) is 4.17. The number of benzene rings is 1. The van der Waals surface area contributed by atoms with Gasteiger partial charge in [-0.15, -0.1) is 0 Å². The van der Waals surface area contributed by atoms with E-state index in [0.29, 0.717) is 18.5 Å². The summed E-state index contributed by atoms with van der Waals surface area (Å²) in [5.74, 6) is 0.632. The highest BCUT2D eigenvalue weighted by Gasteiger charge is 2.49. The number of nitrogens with two attached hydrogens (primary N) is 1. The number of piperidine rings is 3. The number of fused-ring (bicyclic) bond motifs is 2. The number of hydrazone groups is 1. The maximum atomic E-state index is 9.38. The highest BCUT2D eigenvalue weighted by atomic mass is 16.3. The number of nitrogen functional groups attached to an aromatic ring is 1. The van der Waals surface area contributed by atoms with Crippen LogP contribution in [-0.4, -0.2) is 53.0 Å². The van der Waals surface area contributed by atoms with Gasteiger partial charge in [0, 0.05) is 11.6 Å². The number of aliphatic hydroxyl groups excluding tert-OH is 1. The molecular formula is C16H22N4O. The number of rotatable bonds is 3. The molecule has 5 nitrogen and oxygen atoms in total. The Bertz CT molecular complexity index is 565. The molecule has 0 spiro atoms. The molecule has 5 heteroatoms. The van der Waals surface area contributed by atoms with Gasteiger partial charge < -0.3 is 10.8 Å². The summed E-state index contributed by atoms with van der Waals surface area (Å²) in [5.41, 5.74) is 9.30. The van der Waals surface area contributed by atoms with E-state index in [9.17, 15) is 5.11 Å². The van der Waals surface area contributed by atoms with Gasteiger partial charge in [-0.2, -0.15) is 5.10 Å². The van der Waals surface area contributed by atoms with Crippen LogP contribution >= 0.6 is 0 Å². The fraction of sp³-hybridized carbons (Fsp3) is 0.562. The van der Waals surface area contributed by atoms with Crippen LogP contribution in [0.5, 0.6) is 0 Å². The zero-order chi connectivity index (χ0) is 14.4. The molecule has 5 rings (SSSR count). The third-order valence-corrected chi connectivity index (χ3v) is 5.09. The molecule has 0 aliphatic carbocycles. The van der Waals surface area contributed by atoms with Crippen molar-refractivity contribution < 1.29 is 5.11 Å². The van der Waals surface area contributed by atoms with E-state index in [4.69, 9.17) is 10.8 Å². The fourth-order valence-electron chi connectivity index (χ4n) is 4.17. The van der Waals surface area contributed by atoms with Gasteiger partial charge in [-0.25, -0.2) is 0 Å². The number of aliphatic hydroxyl groups is 1. The van der Waals surface area contributed by atoms with Crippen molar-refractivity contribution in [3.8, 4) is 0 Å². The molecule has 3 fully saturated rings. The van der Waals surface area contributed by atoms with Crippen LogP contribution in [0.25, 0.3) is 0 Å². The average Bonchev–Trinajstić information content (AvgIpc) is 2.90. The molecule has 0 aromatic heterocycles. The van der Waals surface area contributed by atoms with E-state index < -0.39 is 0 Å². The summed E-state index contributed by atoms with van der Waals surface area (Å²) in [6, 6.07) is 8.68. The summed E-state index contributed by atoms with van der Waals surface area (Å²) in [6.07, 6.45) is 2.46. The lowest BCUT2D eigenvalue weighted by Gasteiger charge is -2.46. The quantitative estimate of drug-likeness (QED) is 0.816. The Hall–Kier alpha value is -1.59. The molecule has 2 unspecified atom stereocenters. The summed E-state index contributed by atoms with van der Waals surface area (Å²) in [7, 11) is 0. The third-order valence-electron chi connectivity index (χ3n) is 5.09. The van der Waals surface area contributed by atoms with Crippen molar-refractivity contribution >= 4 is 11.4 Å². The van der Waals surface area contributed by atoms with E-state index in [1.807, 2.05) is 12.1 Å². The predicted octanol–water partition coefficient (Wildman–Crippen LogP) is 1.07. The van der Waals surface area contributed by atoms with Crippen LogP contribution in [0, 0.1) is 5.92 Å². The molecule has 21 heavy (non-hydrogen) atoms. The molecule has 4 heterocycles. The minimum absolute atomic E-state index is 0.132. The van der Waals surface area contributed by atoms with Gasteiger partial charge in [-0.1, -0.05) is 12.1 Å². The lowest BCUT2D eigenvalue weighted by atomic mass is 9.78. The van der Waals surface area contributed by atoms with E-state index in [2.05, 4.69) is 22.0 Å². The monoisotopic (exact) mass is 286 g/mol. The van der Waals surface area contributed by atoms with Gasteiger partial charge in [0.2, 0.25) is 0 Å². The topological polar surface area (TPSA) is 65.1 Å². The largest absolute Gasteiger partial charge is 0.399 e. The second kappa shape index (κ2) is 5.00. The minimum atomic E-state index is 0.132. The van der Waals surface area contributed by atoms with Crippen molar-refractivity contribution in [3.05, 3.63) is 29.8 Å². The molecule has 3 saturated heterocycles. The van der Waals surface area contributed by atoms with Crippen LogP contribution in [0.2, 0.25) is 0 Å². The first-order chi connectivity index (χ1) is 10.3. The van der Waals surface area contributed by atoms with Crippen molar-refractivity contribution in [2.75, 3.05) is 32.0 Å². The molecule has 4 aliphatic heterocycles. The number of hydrogen-bond donors (Lipinski definition) is 2. The van der Waals surface area contributed by atoms with E-state index in [1.165, 1.54) is 37.2 Å². The lowest BCUT2D eigenvalue weighted by Crippen LogP contribution is -2.56. The summed E-state index contributed by atoms with van der Waals surface area (Å²) in [4.78, 5) is 2.56. The summed E-state index contributed by atoms with van der Waals surface area (Å²) in [6.45, 7) is 3.05. The molecule has 1 aromatic carbocycles. The number of nitrogens with zero attached hydrogens (tertiary/aromatic N) is 3. The number of hydrogen-bond acceptors (Lipinski definition) is 5. The van der Waals surface area contributed by atoms with Crippen LogP contribution in [0.4, 0.5) is 5.69 Å². The molecule has 0 amide bonds. The second-order valence-electron chi connectivity index (χ2n) is 6.28. The first kappa shape index (κ1) is 13.1. The van der Waals surface area contributed by atoms with Gasteiger partial charge in [-0.3, -0.25) is 9.91 Å². The van der Waals surface area contributed by atoms with E-state index in [1.54, 1.807) is 0 Å². The molecule has 4 aliphatic rings. The number of β-amino-alcohol motifs (C(OH)–C–C–N with tert-alkyl or cyclic N) is 1. The van der Waals surface area contributed by atoms with Crippen molar-refractivity contribution in [2.45, 2.75) is 24.9 Å². The van der Waals surface area contributed by atoms with E-state index in [-0.39, 0.29) is 12.6 Å². The van der Waals surface area contributed by atoms with Gasteiger partial charge in [0.1, 0.15) is 0 Å². The molecule has 2 atom stereocenters. The standard InChI is InChI=1S/C16H22N4O/c17-13-3-1-2-12(10-13)15-16-14(18-20(15)8-9-21)11-4-6-19(16)7-5-11/h1-3,10-11,15-16,21H,4-9,17H2. The molecule has 1 aromatic rings. The van der Waals surface area contributed by atoms with Crippen LogP contribution in [0.15, 0.2) is 29.4 Å². The van der Waals surface area contributed by atoms with Crippen LogP contribution in [0.3, 0.4) is 0 Å². The number of anilines is 1. The van der Waals surface area contributed by atoms with Gasteiger partial charge in [0.05, 0.1) is 30.9 Å². The van der Waals surface area contributed by atoms with Gasteiger partial charge >= 0.3 is 0 Å². The van der Waals surface area contributed by atoms with Crippen molar-refractivity contribution in [1.82, 2.24) is 9.91 Å². The van der Waals surface area contributed by atoms with Gasteiger partial charge in [-0.05, 0) is 43.6 Å². The zero-order valence-electron chi connectivity index (χ0n) is 12.2. The lowest BCUT2D eigenvalue weighted by molar-refractivity contribution is 0.0875. The Morgan fingerprint density at radius 1 is 1.24 bits per heavy atom. The normalized spacial score (nSPS) is 34.0. The van der Waals surface area contributed by atoms with Gasteiger partial charge in [0.15, 0.2) is 0 Å². The first-order valence-electron chi connectivity index (χ1n) is 7.83. The highest BCUT2D eigenvalue weighted by Crippen LogP contribution is 2.43. The summed E-state index contributed by atoms with van der Waals surface area (Å²) >= 11 is 0. The maximum Gasteiger partial charge on any atom is 0.0931 e. The van der Waals surface area contributed by atoms with Crippen LogP contribution < -0.4 is 5.73 Å². The van der Waals surface area contributed by atoms with Crippen molar-refractivity contribution in [3.63, 3.8) is 0 Å². The molecule has 2 bridgehead atoms. The Morgan fingerprint density at radius 2 is 2.05 bits per heavy atom. The van der Waals surface area contributed by atoms with E-state index >= 15 is 0 Å². The van der Waals surface area contributed by atoms with Crippen LogP contribution in [0.1, 0.15) is 24.4 Å². The van der Waals surface area contributed by atoms with Crippen molar-refractivity contribution in [1.29, 1.82) is 0 Å². The maximum absolute atomic E-state index is 9.38. The molecule has 112 valence electrons. The van der Waals surface area contributed by atoms with Crippen LogP contribution in [-0.2, 0) is 0 Å². The Balaban J connectivity index is 1.74. The SMILES string of the molecule is Nc1cccc(C2C3C(=NN2CCO)C2CCN3CC2)c1. The zero-order valence-corrected chi connectivity index (χ0v) is 12.2. The van der Waals surface area contributed by atoms with Crippen molar-refractivity contribution in [2.24, 2.45) is 11.0 Å². The first-order valence-corrected chi connectivity index (χ1v) is 7.83. The molecule has 3 N–H and O–H groups in total. The van der Waals surface area contributed by atoms with Gasteiger partial charge in [0.25, 0.3) is 0 Å². The third kappa shape index (κ3) is 2.03. The summed E-state index contributed by atoms with van der Waals surface area (Å²) < 4.78 is 0. The second-order valence-corrected chi connectivity index (χ2v) is 6.28. The summed E-state index contributed by atoms with van der Waals surface area (Å²) in [5, 5.41) is 16.3. The Labute approximate surface area is 125 Å². The minimum Gasteiger partial charge on any atom is -0.399 e. The molecular weight excluding hydrogens is 264 g/mol. The molecule has 0 saturated carbocycles. The highest BCUT2D eigenvalue weighted by molar-refractivity contribution is 5.95. The Kier molecular flexibility index (Phi) is 3.12.